The summed E-state index contributed by atoms with van der Waals surface area (Å²) in [7, 11) is 3.20. The fourth-order valence-electron chi connectivity index (χ4n) is 2.31. The van der Waals surface area contributed by atoms with E-state index in [9.17, 15) is 4.79 Å². The fourth-order valence-corrected chi connectivity index (χ4v) is 2.31. The first-order chi connectivity index (χ1) is 13.7. The van der Waals surface area contributed by atoms with Crippen molar-refractivity contribution in [3.05, 3.63) is 53.7 Å². The van der Waals surface area contributed by atoms with Crippen molar-refractivity contribution < 1.29 is 23.7 Å². The number of carbonyl (C=O) groups is 1. The maximum absolute atomic E-state index is 12.0. The van der Waals surface area contributed by atoms with Crippen LogP contribution in [0.2, 0.25) is 0 Å². The van der Waals surface area contributed by atoms with Gasteiger partial charge in [0.05, 0.1) is 20.3 Å². The number of pyridine rings is 1. The molecule has 7 nitrogen and oxygen atoms in total. The zero-order chi connectivity index (χ0) is 20.2. The predicted molar refractivity (Wildman–Crippen MR) is 107 cm³/mol. The smallest absolute Gasteiger partial charge is 0.244 e. The number of ether oxygens (including phenoxy) is 4. The van der Waals surface area contributed by atoms with Gasteiger partial charge in [-0.15, -0.1) is 0 Å². The maximum atomic E-state index is 12.0. The Bertz CT molecular complexity index is 775. The molecule has 150 valence electrons. The number of nitrogens with zero attached hydrogens (tertiary/aromatic N) is 1. The molecule has 0 aliphatic heterocycles. The second kappa shape index (κ2) is 11.6. The van der Waals surface area contributed by atoms with E-state index in [4.69, 9.17) is 18.9 Å². The molecule has 28 heavy (non-hydrogen) atoms. The van der Waals surface area contributed by atoms with Gasteiger partial charge in [0.25, 0.3) is 0 Å². The van der Waals surface area contributed by atoms with Crippen LogP contribution in [-0.4, -0.2) is 44.9 Å². The van der Waals surface area contributed by atoms with Crippen molar-refractivity contribution in [3.8, 4) is 17.4 Å². The van der Waals surface area contributed by atoms with Crippen molar-refractivity contribution in [2.75, 3.05) is 34.0 Å². The van der Waals surface area contributed by atoms with Crippen molar-refractivity contribution in [2.24, 2.45) is 0 Å². The molecule has 0 spiro atoms. The van der Waals surface area contributed by atoms with Crippen LogP contribution in [0.25, 0.3) is 6.08 Å². The molecule has 7 heteroatoms. The topological polar surface area (TPSA) is 78.9 Å². The number of rotatable bonds is 11. The first-order valence-corrected chi connectivity index (χ1v) is 8.99. The molecular formula is C21H26N2O5. The Kier molecular flexibility index (Phi) is 8.81. The largest absolute Gasteiger partial charge is 0.493 e. The lowest BCUT2D eigenvalue weighted by Crippen LogP contribution is -2.20. The van der Waals surface area contributed by atoms with Crippen LogP contribution in [0.3, 0.4) is 0 Å². The van der Waals surface area contributed by atoms with Gasteiger partial charge in [-0.05, 0) is 36.3 Å². The number of aromatic nitrogens is 1. The van der Waals surface area contributed by atoms with Crippen LogP contribution in [0, 0.1) is 0 Å². The zero-order valence-corrected chi connectivity index (χ0v) is 16.4. The van der Waals surface area contributed by atoms with Crippen LogP contribution in [-0.2, 0) is 16.1 Å². The Morgan fingerprint density at radius 3 is 2.64 bits per heavy atom. The van der Waals surface area contributed by atoms with Crippen molar-refractivity contribution in [3.63, 3.8) is 0 Å². The van der Waals surface area contributed by atoms with E-state index in [1.165, 1.54) is 6.08 Å². The van der Waals surface area contributed by atoms with Gasteiger partial charge in [0, 0.05) is 32.0 Å². The van der Waals surface area contributed by atoms with E-state index >= 15 is 0 Å². The van der Waals surface area contributed by atoms with Crippen LogP contribution in [0.15, 0.2) is 42.6 Å². The van der Waals surface area contributed by atoms with Gasteiger partial charge in [-0.2, -0.15) is 0 Å². The molecule has 0 atom stereocenters. The Morgan fingerprint density at radius 2 is 1.96 bits per heavy atom. The molecule has 1 aromatic carbocycles. The second-order valence-electron chi connectivity index (χ2n) is 5.74. The molecule has 0 bridgehead atoms. The van der Waals surface area contributed by atoms with Gasteiger partial charge in [-0.25, -0.2) is 4.98 Å². The first-order valence-electron chi connectivity index (χ1n) is 8.99. The minimum atomic E-state index is -0.201. The Balaban J connectivity index is 1.85. The molecule has 0 saturated heterocycles. The van der Waals surface area contributed by atoms with Crippen LogP contribution in [0.1, 0.15) is 18.1 Å². The molecule has 2 aromatic rings. The number of hydrogen-bond donors (Lipinski definition) is 1. The molecule has 0 fully saturated rings. The summed E-state index contributed by atoms with van der Waals surface area (Å²) in [6.07, 6.45) is 4.87. The molecule has 2 rings (SSSR count). The molecule has 0 aliphatic carbocycles. The van der Waals surface area contributed by atoms with Gasteiger partial charge < -0.3 is 24.3 Å². The van der Waals surface area contributed by atoms with E-state index in [0.717, 1.165) is 11.1 Å². The van der Waals surface area contributed by atoms with E-state index in [0.29, 0.717) is 43.7 Å². The van der Waals surface area contributed by atoms with Gasteiger partial charge in [0.15, 0.2) is 11.5 Å². The van der Waals surface area contributed by atoms with E-state index in [-0.39, 0.29) is 5.91 Å². The molecule has 1 amide bonds. The highest BCUT2D eigenvalue weighted by Gasteiger charge is 2.04. The monoisotopic (exact) mass is 386 g/mol. The molecule has 0 radical (unpaired) electrons. The second-order valence-corrected chi connectivity index (χ2v) is 5.74. The average Bonchev–Trinajstić information content (AvgIpc) is 2.72. The summed E-state index contributed by atoms with van der Waals surface area (Å²) in [6.45, 7) is 3.80. The molecular weight excluding hydrogens is 360 g/mol. The summed E-state index contributed by atoms with van der Waals surface area (Å²) < 4.78 is 21.1. The summed E-state index contributed by atoms with van der Waals surface area (Å²) in [6, 6.07) is 9.13. The summed E-state index contributed by atoms with van der Waals surface area (Å²) in [5, 5.41) is 2.82. The summed E-state index contributed by atoms with van der Waals surface area (Å²) in [4.78, 5) is 16.2. The third-order valence-corrected chi connectivity index (χ3v) is 3.72. The van der Waals surface area contributed by atoms with Gasteiger partial charge in [0.1, 0.15) is 6.61 Å². The normalized spacial score (nSPS) is 10.7. The number of methoxy groups -OCH3 is 2. The summed E-state index contributed by atoms with van der Waals surface area (Å²) >= 11 is 0. The molecule has 0 aliphatic rings. The highest BCUT2D eigenvalue weighted by Crippen LogP contribution is 2.28. The third-order valence-electron chi connectivity index (χ3n) is 3.72. The number of hydrogen-bond acceptors (Lipinski definition) is 6. The van der Waals surface area contributed by atoms with E-state index in [1.54, 1.807) is 32.6 Å². The Hall–Kier alpha value is -3.06. The van der Waals surface area contributed by atoms with Crippen LogP contribution < -0.4 is 19.5 Å². The molecule has 1 aromatic heterocycles. The third kappa shape index (κ3) is 6.92. The molecule has 1 heterocycles. The number of nitrogens with one attached hydrogen (secondary N) is 1. The van der Waals surface area contributed by atoms with Gasteiger partial charge >= 0.3 is 0 Å². The Labute approximate surface area is 165 Å². The highest BCUT2D eigenvalue weighted by molar-refractivity contribution is 5.91. The number of carbonyl (C=O) groups excluding carboxylic acids is 1. The van der Waals surface area contributed by atoms with Crippen molar-refractivity contribution >= 4 is 12.0 Å². The lowest BCUT2D eigenvalue weighted by atomic mass is 10.2. The molecule has 1 N–H and O–H groups in total. The standard InChI is InChI=1S/C21H26N2O5/c1-4-27-18-8-5-16(13-19(18)26-3)6-9-20(24)22-14-17-7-10-21(23-15-17)28-12-11-25-2/h5-10,13,15H,4,11-12,14H2,1-3H3,(H,22,24)/b9-6+. The lowest BCUT2D eigenvalue weighted by Gasteiger charge is -2.09. The summed E-state index contributed by atoms with van der Waals surface area (Å²) in [5.74, 6) is 1.63. The van der Waals surface area contributed by atoms with Crippen LogP contribution in [0.5, 0.6) is 17.4 Å². The lowest BCUT2D eigenvalue weighted by molar-refractivity contribution is -0.116. The zero-order valence-electron chi connectivity index (χ0n) is 16.4. The summed E-state index contributed by atoms with van der Waals surface area (Å²) in [5.41, 5.74) is 1.72. The van der Waals surface area contributed by atoms with E-state index in [1.807, 2.05) is 31.2 Å². The van der Waals surface area contributed by atoms with Crippen LogP contribution >= 0.6 is 0 Å². The van der Waals surface area contributed by atoms with E-state index < -0.39 is 0 Å². The minimum absolute atomic E-state index is 0.201. The van der Waals surface area contributed by atoms with Crippen molar-refractivity contribution in [2.45, 2.75) is 13.5 Å². The fraction of sp³-hybridized carbons (Fsp3) is 0.333. The van der Waals surface area contributed by atoms with E-state index in [2.05, 4.69) is 10.3 Å². The van der Waals surface area contributed by atoms with Gasteiger partial charge in [-0.3, -0.25) is 4.79 Å². The quantitative estimate of drug-likeness (QED) is 0.473. The Morgan fingerprint density at radius 1 is 1.11 bits per heavy atom. The first kappa shape index (κ1) is 21.2. The molecule has 0 saturated carbocycles. The minimum Gasteiger partial charge on any atom is -0.493 e. The molecule has 0 unspecified atom stereocenters. The van der Waals surface area contributed by atoms with Gasteiger partial charge in [0.2, 0.25) is 11.8 Å². The maximum Gasteiger partial charge on any atom is 0.244 e. The van der Waals surface area contributed by atoms with Crippen LogP contribution in [0.4, 0.5) is 0 Å². The highest BCUT2D eigenvalue weighted by atomic mass is 16.5. The number of amides is 1. The average molecular weight is 386 g/mol. The van der Waals surface area contributed by atoms with Crippen molar-refractivity contribution in [1.82, 2.24) is 10.3 Å². The number of benzene rings is 1. The SMILES string of the molecule is CCOc1ccc(/C=C/C(=O)NCc2ccc(OCCOC)nc2)cc1OC. The predicted octanol–water partition coefficient (Wildman–Crippen LogP) is 2.84. The van der Waals surface area contributed by atoms with Gasteiger partial charge in [-0.1, -0.05) is 12.1 Å². The van der Waals surface area contributed by atoms with Crippen molar-refractivity contribution in [1.29, 1.82) is 0 Å².